The van der Waals surface area contributed by atoms with Gasteiger partial charge in [-0.15, -0.1) is 0 Å². The van der Waals surface area contributed by atoms with Crippen molar-refractivity contribution in [3.63, 3.8) is 0 Å². The molecule has 3 N–H and O–H groups in total. The summed E-state index contributed by atoms with van der Waals surface area (Å²) in [6.45, 7) is 0. The zero-order chi connectivity index (χ0) is 18.7. The third kappa shape index (κ3) is 4.41. The van der Waals surface area contributed by atoms with Crippen LogP contribution in [0.3, 0.4) is 0 Å². The van der Waals surface area contributed by atoms with Gasteiger partial charge >= 0.3 is 0 Å². The molecule has 0 aliphatic carbocycles. The molecule has 3 rings (SSSR count). The van der Waals surface area contributed by atoms with Gasteiger partial charge in [0.05, 0.1) is 25.5 Å². The SMILES string of the molecule is COc1ccc2c(CC(=O)Nc3ccc(CS(N)(=O)=O)cc3)coc2c1. The van der Waals surface area contributed by atoms with Gasteiger partial charge < -0.3 is 14.5 Å². The van der Waals surface area contributed by atoms with Gasteiger partial charge in [0.1, 0.15) is 11.3 Å². The fourth-order valence-corrected chi connectivity index (χ4v) is 3.28. The number of rotatable bonds is 6. The van der Waals surface area contributed by atoms with E-state index in [0.29, 0.717) is 22.6 Å². The maximum absolute atomic E-state index is 12.3. The summed E-state index contributed by atoms with van der Waals surface area (Å²) >= 11 is 0. The molecule has 7 nitrogen and oxygen atoms in total. The summed E-state index contributed by atoms with van der Waals surface area (Å²) < 4.78 is 32.8. The van der Waals surface area contributed by atoms with E-state index in [1.807, 2.05) is 12.1 Å². The zero-order valence-corrected chi connectivity index (χ0v) is 14.9. The van der Waals surface area contributed by atoms with Crippen molar-refractivity contribution < 1.29 is 22.4 Å². The lowest BCUT2D eigenvalue weighted by atomic mass is 10.1. The van der Waals surface area contributed by atoms with Crippen LogP contribution in [0.1, 0.15) is 11.1 Å². The number of ether oxygens (including phenoxy) is 1. The van der Waals surface area contributed by atoms with Crippen molar-refractivity contribution in [3.8, 4) is 5.75 Å². The van der Waals surface area contributed by atoms with Crippen LogP contribution in [0, 0.1) is 0 Å². The van der Waals surface area contributed by atoms with Gasteiger partial charge in [0.2, 0.25) is 15.9 Å². The first-order chi connectivity index (χ1) is 12.3. The van der Waals surface area contributed by atoms with E-state index in [4.69, 9.17) is 14.3 Å². The molecule has 2 aromatic carbocycles. The number of carbonyl (C=O) groups is 1. The molecule has 3 aromatic rings. The monoisotopic (exact) mass is 374 g/mol. The molecule has 1 amide bonds. The van der Waals surface area contributed by atoms with Gasteiger partial charge in [-0.05, 0) is 29.8 Å². The van der Waals surface area contributed by atoms with Crippen LogP contribution >= 0.6 is 0 Å². The van der Waals surface area contributed by atoms with Crippen LogP contribution < -0.4 is 15.2 Å². The fourth-order valence-electron chi connectivity index (χ4n) is 2.62. The molecule has 0 aliphatic heterocycles. The maximum Gasteiger partial charge on any atom is 0.228 e. The highest BCUT2D eigenvalue weighted by Gasteiger charge is 2.12. The lowest BCUT2D eigenvalue weighted by molar-refractivity contribution is -0.115. The second kappa shape index (κ2) is 7.19. The number of carbonyl (C=O) groups excluding carboxylic acids is 1. The molecule has 0 spiro atoms. The third-order valence-electron chi connectivity index (χ3n) is 3.82. The van der Waals surface area contributed by atoms with Crippen molar-refractivity contribution in [2.75, 3.05) is 12.4 Å². The molecule has 8 heteroatoms. The van der Waals surface area contributed by atoms with E-state index in [2.05, 4.69) is 5.32 Å². The lowest BCUT2D eigenvalue weighted by Gasteiger charge is -2.06. The number of fused-ring (bicyclic) bond motifs is 1. The Balaban J connectivity index is 1.67. The van der Waals surface area contributed by atoms with Crippen LogP contribution in [0.4, 0.5) is 5.69 Å². The molecule has 0 unspecified atom stereocenters. The summed E-state index contributed by atoms with van der Waals surface area (Å²) in [6.07, 6.45) is 1.71. The van der Waals surface area contributed by atoms with Crippen molar-refractivity contribution in [1.29, 1.82) is 0 Å². The van der Waals surface area contributed by atoms with Crippen LogP contribution in [0.5, 0.6) is 5.75 Å². The molecule has 26 heavy (non-hydrogen) atoms. The Labute approximate surface area is 150 Å². The smallest absolute Gasteiger partial charge is 0.228 e. The topological polar surface area (TPSA) is 112 Å². The quantitative estimate of drug-likeness (QED) is 0.688. The Bertz CT molecular complexity index is 1040. The number of amides is 1. The second-order valence-corrected chi connectivity index (χ2v) is 7.47. The molecule has 0 radical (unpaired) electrons. The Morgan fingerprint density at radius 1 is 1.19 bits per heavy atom. The van der Waals surface area contributed by atoms with Crippen LogP contribution in [-0.2, 0) is 27.0 Å². The Morgan fingerprint density at radius 2 is 1.92 bits per heavy atom. The van der Waals surface area contributed by atoms with E-state index >= 15 is 0 Å². The van der Waals surface area contributed by atoms with Gasteiger partial charge in [0.15, 0.2) is 0 Å². The number of hydrogen-bond donors (Lipinski definition) is 2. The van der Waals surface area contributed by atoms with E-state index in [1.54, 1.807) is 43.7 Å². The average molecular weight is 374 g/mol. The van der Waals surface area contributed by atoms with Gasteiger partial charge in [-0.2, -0.15) is 0 Å². The Morgan fingerprint density at radius 3 is 2.58 bits per heavy atom. The van der Waals surface area contributed by atoms with Crippen molar-refractivity contribution in [3.05, 3.63) is 59.9 Å². The van der Waals surface area contributed by atoms with Gasteiger partial charge in [0.25, 0.3) is 0 Å². The van der Waals surface area contributed by atoms with Gasteiger partial charge in [-0.25, -0.2) is 13.6 Å². The highest BCUT2D eigenvalue weighted by molar-refractivity contribution is 7.88. The van der Waals surface area contributed by atoms with Gasteiger partial charge in [0, 0.05) is 22.7 Å². The minimum Gasteiger partial charge on any atom is -0.497 e. The van der Waals surface area contributed by atoms with E-state index < -0.39 is 10.0 Å². The first-order valence-electron chi connectivity index (χ1n) is 7.77. The molecule has 0 saturated carbocycles. The minimum atomic E-state index is -3.58. The van der Waals surface area contributed by atoms with Crippen LogP contribution in [0.15, 0.2) is 53.1 Å². The molecule has 0 fully saturated rings. The van der Waals surface area contributed by atoms with E-state index in [0.717, 1.165) is 10.9 Å². The van der Waals surface area contributed by atoms with Crippen molar-refractivity contribution in [1.82, 2.24) is 0 Å². The fraction of sp³-hybridized carbons (Fsp3) is 0.167. The minimum absolute atomic E-state index is 0.151. The third-order valence-corrected chi connectivity index (χ3v) is 4.56. The summed E-state index contributed by atoms with van der Waals surface area (Å²) in [4.78, 5) is 12.3. The molecule has 136 valence electrons. The number of primary sulfonamides is 1. The molecule has 1 aromatic heterocycles. The predicted octanol–water partition coefficient (Wildman–Crippen LogP) is 2.41. The Kier molecular flexibility index (Phi) is 4.97. The van der Waals surface area contributed by atoms with E-state index in [1.165, 1.54) is 0 Å². The van der Waals surface area contributed by atoms with E-state index in [9.17, 15) is 13.2 Å². The molecule has 0 atom stereocenters. The highest BCUT2D eigenvalue weighted by Crippen LogP contribution is 2.26. The normalized spacial score (nSPS) is 11.5. The number of furan rings is 1. The van der Waals surface area contributed by atoms with E-state index in [-0.39, 0.29) is 18.1 Å². The first kappa shape index (κ1) is 18.0. The van der Waals surface area contributed by atoms with Crippen molar-refractivity contribution in [2.45, 2.75) is 12.2 Å². The molecular weight excluding hydrogens is 356 g/mol. The summed E-state index contributed by atoms with van der Waals surface area (Å²) in [5, 5.41) is 8.63. The molecular formula is C18H18N2O5S. The maximum atomic E-state index is 12.3. The number of methoxy groups -OCH3 is 1. The highest BCUT2D eigenvalue weighted by atomic mass is 32.2. The average Bonchev–Trinajstić information content (AvgIpc) is 2.97. The standard InChI is InChI=1S/C18H18N2O5S/c1-24-15-6-7-16-13(10-25-17(16)9-15)8-18(21)20-14-4-2-12(3-5-14)11-26(19,22)23/h2-7,9-10H,8,11H2,1H3,(H,20,21)(H2,19,22,23). The number of anilines is 1. The van der Waals surface area contributed by atoms with Gasteiger partial charge in [-0.1, -0.05) is 12.1 Å². The molecule has 0 saturated heterocycles. The second-order valence-electron chi connectivity index (χ2n) is 5.85. The number of nitrogens with two attached hydrogens (primary N) is 1. The number of benzene rings is 2. The van der Waals surface area contributed by atoms with Crippen LogP contribution in [-0.4, -0.2) is 21.4 Å². The largest absolute Gasteiger partial charge is 0.497 e. The first-order valence-corrected chi connectivity index (χ1v) is 9.49. The number of sulfonamides is 1. The predicted molar refractivity (Wildman–Crippen MR) is 98.4 cm³/mol. The Hall–Kier alpha value is -2.84. The molecule has 1 heterocycles. The number of nitrogens with one attached hydrogen (secondary N) is 1. The van der Waals surface area contributed by atoms with Gasteiger partial charge in [-0.3, -0.25) is 4.79 Å². The summed E-state index contributed by atoms with van der Waals surface area (Å²) in [5.41, 5.74) is 2.55. The lowest BCUT2D eigenvalue weighted by Crippen LogP contribution is -2.15. The molecule has 0 bridgehead atoms. The summed E-state index contributed by atoms with van der Waals surface area (Å²) in [5.74, 6) is 0.233. The van der Waals surface area contributed by atoms with Crippen LogP contribution in [0.2, 0.25) is 0 Å². The van der Waals surface area contributed by atoms with Crippen molar-refractivity contribution in [2.24, 2.45) is 5.14 Å². The number of hydrogen-bond acceptors (Lipinski definition) is 5. The zero-order valence-electron chi connectivity index (χ0n) is 14.1. The summed E-state index contributed by atoms with van der Waals surface area (Å²) in [6, 6.07) is 11.9. The van der Waals surface area contributed by atoms with Crippen molar-refractivity contribution >= 4 is 32.6 Å². The molecule has 0 aliphatic rings. The van der Waals surface area contributed by atoms with Crippen LogP contribution in [0.25, 0.3) is 11.0 Å². The summed E-state index contributed by atoms with van der Waals surface area (Å²) in [7, 11) is -2.00.